The molecule has 4 rings (SSSR count). The van der Waals surface area contributed by atoms with E-state index in [0.717, 1.165) is 24.5 Å². The molecule has 2 aliphatic rings. The molecule has 0 amide bonds. The smallest absolute Gasteiger partial charge is 0.293 e. The van der Waals surface area contributed by atoms with E-state index < -0.39 is 14.9 Å². The van der Waals surface area contributed by atoms with Crippen LogP contribution in [0.15, 0.2) is 41.3 Å². The van der Waals surface area contributed by atoms with Crippen LogP contribution in [-0.2, 0) is 10.0 Å². The van der Waals surface area contributed by atoms with Gasteiger partial charge >= 0.3 is 0 Å². The first kappa shape index (κ1) is 21.4. The van der Waals surface area contributed by atoms with E-state index in [-0.39, 0.29) is 35.0 Å². The van der Waals surface area contributed by atoms with Gasteiger partial charge in [-0.2, -0.15) is 4.31 Å². The molecule has 10 heteroatoms. The van der Waals surface area contributed by atoms with Gasteiger partial charge in [-0.3, -0.25) is 10.1 Å². The Morgan fingerprint density at radius 3 is 2.71 bits per heavy atom. The molecule has 2 aliphatic heterocycles. The van der Waals surface area contributed by atoms with Gasteiger partial charge in [0.1, 0.15) is 5.69 Å². The molecule has 2 aromatic carbocycles. The first-order valence-corrected chi connectivity index (χ1v) is 11.6. The Morgan fingerprint density at radius 1 is 1.19 bits per heavy atom. The molecule has 0 radical (unpaired) electrons. The Hall–Kier alpha value is -2.85. The number of hydrogen-bond acceptors (Lipinski definition) is 7. The number of benzene rings is 2. The molecular formula is C21H25N3O6S. The average Bonchev–Trinajstić information content (AvgIpc) is 3.21. The van der Waals surface area contributed by atoms with Crippen LogP contribution in [0.25, 0.3) is 0 Å². The van der Waals surface area contributed by atoms with Crippen LogP contribution < -0.4 is 14.8 Å². The van der Waals surface area contributed by atoms with Gasteiger partial charge in [0.2, 0.25) is 16.8 Å². The Bertz CT molecular complexity index is 1100. The Labute approximate surface area is 181 Å². The number of sulfonamides is 1. The second-order valence-electron chi connectivity index (χ2n) is 8.03. The second kappa shape index (κ2) is 8.35. The van der Waals surface area contributed by atoms with Gasteiger partial charge in [-0.1, -0.05) is 13.0 Å². The molecule has 2 heterocycles. The topological polar surface area (TPSA) is 111 Å². The lowest BCUT2D eigenvalue weighted by Gasteiger charge is -2.30. The van der Waals surface area contributed by atoms with Gasteiger partial charge in [-0.05, 0) is 55.5 Å². The molecule has 0 bridgehead atoms. The van der Waals surface area contributed by atoms with Crippen molar-refractivity contribution in [1.29, 1.82) is 0 Å². The molecule has 0 saturated carbocycles. The summed E-state index contributed by atoms with van der Waals surface area (Å²) in [5.41, 5.74) is 0.831. The van der Waals surface area contributed by atoms with Crippen LogP contribution in [0.2, 0.25) is 0 Å². The molecule has 0 unspecified atom stereocenters. The van der Waals surface area contributed by atoms with Gasteiger partial charge in [0, 0.05) is 25.2 Å². The van der Waals surface area contributed by atoms with Crippen molar-refractivity contribution >= 4 is 21.4 Å². The number of rotatable bonds is 6. The number of ether oxygens (including phenoxy) is 2. The predicted molar refractivity (Wildman–Crippen MR) is 115 cm³/mol. The zero-order valence-electron chi connectivity index (χ0n) is 17.4. The van der Waals surface area contributed by atoms with Crippen LogP contribution >= 0.6 is 0 Å². The summed E-state index contributed by atoms with van der Waals surface area (Å²) in [6.07, 6.45) is 1.77. The second-order valence-corrected chi connectivity index (χ2v) is 9.96. The summed E-state index contributed by atoms with van der Waals surface area (Å²) in [6.45, 7) is 4.90. The van der Waals surface area contributed by atoms with Crippen LogP contribution in [0.4, 0.5) is 11.4 Å². The van der Waals surface area contributed by atoms with Gasteiger partial charge in [0.25, 0.3) is 5.69 Å². The highest BCUT2D eigenvalue weighted by molar-refractivity contribution is 7.89. The monoisotopic (exact) mass is 447 g/mol. The molecule has 31 heavy (non-hydrogen) atoms. The van der Waals surface area contributed by atoms with E-state index >= 15 is 0 Å². The summed E-state index contributed by atoms with van der Waals surface area (Å²) in [5, 5.41) is 14.8. The van der Waals surface area contributed by atoms with Gasteiger partial charge in [-0.25, -0.2) is 8.42 Å². The molecule has 1 N–H and O–H groups in total. The van der Waals surface area contributed by atoms with Gasteiger partial charge < -0.3 is 14.8 Å². The highest BCUT2D eigenvalue weighted by atomic mass is 32.2. The predicted octanol–water partition coefficient (Wildman–Crippen LogP) is 3.92. The molecule has 2 atom stereocenters. The van der Waals surface area contributed by atoms with Crippen LogP contribution in [0.3, 0.4) is 0 Å². The Kier molecular flexibility index (Phi) is 5.76. The standard InChI is InChI=1S/C21H25N3O6S/c1-14-4-3-9-23(12-14)31(27,28)17-6-7-18(19(11-17)24(25)26)22-15(2)16-5-8-20-21(10-16)30-13-29-20/h5-8,10-11,14-15,22H,3-4,9,12-13H2,1-2H3/t14-,15-/m1/s1. The minimum atomic E-state index is -3.78. The fraction of sp³-hybridized carbons (Fsp3) is 0.429. The number of nitrogens with zero attached hydrogens (tertiary/aromatic N) is 2. The molecule has 9 nitrogen and oxygen atoms in total. The summed E-state index contributed by atoms with van der Waals surface area (Å²) >= 11 is 0. The molecule has 1 fully saturated rings. The van der Waals surface area contributed by atoms with E-state index in [0.29, 0.717) is 24.6 Å². The SMILES string of the molecule is C[C@@H]1CCCN(S(=O)(=O)c2ccc(N[C@H](C)c3ccc4c(c3)OCO4)c([N+](=O)[O-])c2)C1. The number of nitrogens with one attached hydrogen (secondary N) is 1. The molecule has 0 aliphatic carbocycles. The van der Waals surface area contributed by atoms with Crippen LogP contribution in [-0.4, -0.2) is 37.5 Å². The number of nitro benzene ring substituents is 1. The molecule has 2 aromatic rings. The maximum Gasteiger partial charge on any atom is 0.293 e. The lowest BCUT2D eigenvalue weighted by molar-refractivity contribution is -0.384. The quantitative estimate of drug-likeness (QED) is 0.528. The highest BCUT2D eigenvalue weighted by Gasteiger charge is 2.31. The van der Waals surface area contributed by atoms with Crippen molar-refractivity contribution in [3.8, 4) is 11.5 Å². The molecule has 0 aromatic heterocycles. The minimum Gasteiger partial charge on any atom is -0.454 e. The van der Waals surface area contributed by atoms with Crippen molar-refractivity contribution in [2.45, 2.75) is 37.6 Å². The van der Waals surface area contributed by atoms with Crippen molar-refractivity contribution in [2.24, 2.45) is 5.92 Å². The third-order valence-electron chi connectivity index (χ3n) is 5.69. The summed E-state index contributed by atoms with van der Waals surface area (Å²) in [5.74, 6) is 1.54. The van der Waals surface area contributed by atoms with E-state index in [4.69, 9.17) is 9.47 Å². The van der Waals surface area contributed by atoms with Gasteiger partial charge in [0.05, 0.1) is 9.82 Å². The zero-order chi connectivity index (χ0) is 22.2. The number of anilines is 1. The fourth-order valence-electron chi connectivity index (χ4n) is 3.96. The van der Waals surface area contributed by atoms with Gasteiger partial charge in [-0.15, -0.1) is 0 Å². The maximum atomic E-state index is 13.0. The highest BCUT2D eigenvalue weighted by Crippen LogP contribution is 2.36. The van der Waals surface area contributed by atoms with Crippen LogP contribution in [0, 0.1) is 16.0 Å². The third-order valence-corrected chi connectivity index (χ3v) is 7.55. The molecular weight excluding hydrogens is 422 g/mol. The van der Waals surface area contributed by atoms with Crippen molar-refractivity contribution in [3.05, 3.63) is 52.1 Å². The Balaban J connectivity index is 1.59. The van der Waals surface area contributed by atoms with E-state index in [2.05, 4.69) is 5.32 Å². The molecule has 0 spiro atoms. The number of hydrogen-bond donors (Lipinski definition) is 1. The number of piperidine rings is 1. The molecule has 1 saturated heterocycles. The summed E-state index contributed by atoms with van der Waals surface area (Å²) in [7, 11) is -3.78. The number of nitro groups is 1. The summed E-state index contributed by atoms with van der Waals surface area (Å²) in [6, 6.07) is 9.22. The van der Waals surface area contributed by atoms with E-state index in [9.17, 15) is 18.5 Å². The van der Waals surface area contributed by atoms with Crippen LogP contribution in [0.1, 0.15) is 38.3 Å². The van der Waals surface area contributed by atoms with Crippen molar-refractivity contribution in [1.82, 2.24) is 4.31 Å². The summed E-state index contributed by atoms with van der Waals surface area (Å²) < 4.78 is 38.2. The minimum absolute atomic E-state index is 0.0606. The lowest BCUT2D eigenvalue weighted by atomic mass is 10.0. The van der Waals surface area contributed by atoms with Crippen molar-refractivity contribution in [3.63, 3.8) is 0 Å². The number of fused-ring (bicyclic) bond motifs is 1. The molecule has 166 valence electrons. The normalized spacial score (nSPS) is 19.7. The van der Waals surface area contributed by atoms with Gasteiger partial charge in [0.15, 0.2) is 11.5 Å². The van der Waals surface area contributed by atoms with Crippen molar-refractivity contribution in [2.75, 3.05) is 25.2 Å². The maximum absolute atomic E-state index is 13.0. The average molecular weight is 448 g/mol. The van der Waals surface area contributed by atoms with E-state index in [1.54, 1.807) is 6.07 Å². The third kappa shape index (κ3) is 4.31. The van der Waals surface area contributed by atoms with Crippen molar-refractivity contribution < 1.29 is 22.8 Å². The Morgan fingerprint density at radius 2 is 1.97 bits per heavy atom. The lowest BCUT2D eigenvalue weighted by Crippen LogP contribution is -2.39. The zero-order valence-corrected chi connectivity index (χ0v) is 18.2. The van der Waals surface area contributed by atoms with Crippen LogP contribution in [0.5, 0.6) is 11.5 Å². The summed E-state index contributed by atoms with van der Waals surface area (Å²) in [4.78, 5) is 11.1. The first-order chi connectivity index (χ1) is 14.8. The van der Waals surface area contributed by atoms with E-state index in [1.165, 1.54) is 16.4 Å². The van der Waals surface area contributed by atoms with E-state index in [1.807, 2.05) is 26.0 Å². The largest absolute Gasteiger partial charge is 0.454 e. The fourth-order valence-corrected chi connectivity index (χ4v) is 5.58. The first-order valence-electron chi connectivity index (χ1n) is 10.2.